The van der Waals surface area contributed by atoms with E-state index in [2.05, 4.69) is 15.0 Å². The van der Waals surface area contributed by atoms with Gasteiger partial charge in [0.05, 0.1) is 6.54 Å². The molecule has 0 amide bonds. The smallest absolute Gasteiger partial charge is 0.250 e. The second kappa shape index (κ2) is 6.77. The van der Waals surface area contributed by atoms with Gasteiger partial charge in [-0.25, -0.2) is 18.1 Å². The Hall–Kier alpha value is -0.800. The summed E-state index contributed by atoms with van der Waals surface area (Å²) in [6, 6.07) is 1.72. The third-order valence-electron chi connectivity index (χ3n) is 2.70. The second-order valence-electron chi connectivity index (χ2n) is 4.20. The summed E-state index contributed by atoms with van der Waals surface area (Å²) >= 11 is 2.75. The summed E-state index contributed by atoms with van der Waals surface area (Å²) in [6.45, 7) is 5.76. The normalized spacial score (nSPS) is 11.9. The van der Waals surface area contributed by atoms with Crippen LogP contribution in [0.4, 0.5) is 0 Å². The molecule has 5 nitrogen and oxygen atoms in total. The van der Waals surface area contributed by atoms with Crippen molar-refractivity contribution < 1.29 is 8.42 Å². The highest BCUT2D eigenvalue weighted by Crippen LogP contribution is 2.26. The van der Waals surface area contributed by atoms with Crippen LogP contribution in [-0.2, 0) is 23.1 Å². The topological polar surface area (TPSA) is 71.1 Å². The number of thiazole rings is 1. The van der Waals surface area contributed by atoms with Crippen molar-refractivity contribution in [1.29, 1.82) is 0 Å². The van der Waals surface area contributed by atoms with E-state index in [0.717, 1.165) is 22.0 Å². The molecule has 0 atom stereocenters. The molecule has 0 fully saturated rings. The Morgan fingerprint density at radius 2 is 2.15 bits per heavy atom. The van der Waals surface area contributed by atoms with Gasteiger partial charge < -0.3 is 5.32 Å². The van der Waals surface area contributed by atoms with Crippen LogP contribution in [0.5, 0.6) is 0 Å². The van der Waals surface area contributed by atoms with Gasteiger partial charge in [-0.05, 0) is 25.1 Å². The van der Waals surface area contributed by atoms with E-state index in [-0.39, 0.29) is 6.54 Å². The Balaban J connectivity index is 2.09. The van der Waals surface area contributed by atoms with Crippen LogP contribution in [0.3, 0.4) is 0 Å². The Bertz CT molecular complexity index is 648. The molecule has 0 saturated heterocycles. The van der Waals surface area contributed by atoms with Crippen LogP contribution in [0, 0.1) is 6.92 Å². The van der Waals surface area contributed by atoms with Gasteiger partial charge in [-0.2, -0.15) is 0 Å². The summed E-state index contributed by atoms with van der Waals surface area (Å²) in [7, 11) is -3.46. The molecule has 8 heteroatoms. The van der Waals surface area contributed by atoms with Crippen LogP contribution in [0.25, 0.3) is 0 Å². The highest BCUT2D eigenvalue weighted by Gasteiger charge is 2.18. The maximum Gasteiger partial charge on any atom is 0.250 e. The van der Waals surface area contributed by atoms with Crippen molar-refractivity contribution in [3.63, 3.8) is 0 Å². The van der Waals surface area contributed by atoms with Crippen molar-refractivity contribution in [1.82, 2.24) is 15.0 Å². The molecule has 0 aliphatic rings. The van der Waals surface area contributed by atoms with E-state index in [4.69, 9.17) is 0 Å². The van der Waals surface area contributed by atoms with Gasteiger partial charge in [-0.15, -0.1) is 22.7 Å². The van der Waals surface area contributed by atoms with Crippen LogP contribution in [0.1, 0.15) is 22.4 Å². The second-order valence-corrected chi connectivity index (χ2v) is 8.31. The van der Waals surface area contributed by atoms with Crippen molar-refractivity contribution >= 4 is 32.7 Å². The van der Waals surface area contributed by atoms with Crippen LogP contribution >= 0.6 is 22.7 Å². The van der Waals surface area contributed by atoms with Gasteiger partial charge >= 0.3 is 0 Å². The van der Waals surface area contributed by atoms with Crippen molar-refractivity contribution in [2.75, 3.05) is 6.54 Å². The third-order valence-corrected chi connectivity index (χ3v) is 6.59. The first-order valence-electron chi connectivity index (χ1n) is 6.21. The van der Waals surface area contributed by atoms with E-state index in [1.165, 1.54) is 22.7 Å². The number of rotatable bonds is 7. The zero-order valence-electron chi connectivity index (χ0n) is 11.3. The van der Waals surface area contributed by atoms with Gasteiger partial charge in [0.2, 0.25) is 10.0 Å². The first-order chi connectivity index (χ1) is 9.53. The SMILES string of the molecule is CCNCc1sc(S(=O)(=O)NCc2nccs2)cc1C. The summed E-state index contributed by atoms with van der Waals surface area (Å²) in [6.07, 6.45) is 1.66. The van der Waals surface area contributed by atoms with Crippen LogP contribution in [0.2, 0.25) is 0 Å². The fourth-order valence-electron chi connectivity index (χ4n) is 1.60. The van der Waals surface area contributed by atoms with Gasteiger partial charge in [0.15, 0.2) is 0 Å². The maximum atomic E-state index is 12.2. The molecule has 0 aliphatic carbocycles. The van der Waals surface area contributed by atoms with Gasteiger partial charge in [0.25, 0.3) is 0 Å². The number of nitrogens with zero attached hydrogens (tertiary/aromatic N) is 1. The lowest BCUT2D eigenvalue weighted by molar-refractivity contribution is 0.583. The monoisotopic (exact) mass is 331 g/mol. The van der Waals surface area contributed by atoms with E-state index in [1.54, 1.807) is 12.3 Å². The molecule has 0 aliphatic heterocycles. The van der Waals surface area contributed by atoms with Crippen LogP contribution < -0.4 is 10.0 Å². The number of hydrogen-bond donors (Lipinski definition) is 2. The predicted octanol–water partition coefficient (Wildman–Crippen LogP) is 2.10. The molecular formula is C12H17N3O2S3. The summed E-state index contributed by atoms with van der Waals surface area (Å²) in [5.74, 6) is 0. The highest BCUT2D eigenvalue weighted by atomic mass is 32.2. The zero-order chi connectivity index (χ0) is 14.6. The number of nitrogens with one attached hydrogen (secondary N) is 2. The van der Waals surface area contributed by atoms with Crippen LogP contribution in [-0.4, -0.2) is 19.9 Å². The number of hydrogen-bond acceptors (Lipinski definition) is 6. The Labute approximate surface area is 127 Å². The molecule has 0 unspecified atom stereocenters. The molecule has 0 saturated carbocycles. The highest BCUT2D eigenvalue weighted by molar-refractivity contribution is 7.91. The number of sulfonamides is 1. The molecule has 20 heavy (non-hydrogen) atoms. The first-order valence-corrected chi connectivity index (χ1v) is 9.39. The minimum Gasteiger partial charge on any atom is -0.312 e. The minimum absolute atomic E-state index is 0.236. The molecule has 2 aromatic rings. The molecule has 2 heterocycles. The standard InChI is InChI=1S/C12H17N3O2S3/c1-3-13-7-10-9(2)6-12(19-10)20(16,17)15-8-11-14-4-5-18-11/h4-6,13,15H,3,7-8H2,1-2H3. The number of aromatic nitrogens is 1. The molecular weight excluding hydrogens is 314 g/mol. The Morgan fingerprint density at radius 1 is 1.35 bits per heavy atom. The lowest BCUT2D eigenvalue weighted by Gasteiger charge is -2.02. The summed E-state index contributed by atoms with van der Waals surface area (Å²) in [4.78, 5) is 5.12. The molecule has 2 rings (SSSR count). The lowest BCUT2D eigenvalue weighted by Crippen LogP contribution is -2.22. The van der Waals surface area contributed by atoms with Crippen molar-refractivity contribution in [2.24, 2.45) is 0 Å². The van der Waals surface area contributed by atoms with Gasteiger partial charge in [-0.3, -0.25) is 0 Å². The molecule has 2 N–H and O–H groups in total. The molecule has 110 valence electrons. The van der Waals surface area contributed by atoms with E-state index in [1.807, 2.05) is 19.2 Å². The van der Waals surface area contributed by atoms with Crippen molar-refractivity contribution in [3.8, 4) is 0 Å². The summed E-state index contributed by atoms with van der Waals surface area (Å²) in [5, 5.41) is 5.80. The fraction of sp³-hybridized carbons (Fsp3) is 0.417. The zero-order valence-corrected chi connectivity index (χ0v) is 13.8. The van der Waals surface area contributed by atoms with Crippen molar-refractivity contribution in [3.05, 3.63) is 33.1 Å². The number of aryl methyl sites for hydroxylation is 1. The van der Waals surface area contributed by atoms with E-state index < -0.39 is 10.0 Å². The van der Waals surface area contributed by atoms with E-state index in [9.17, 15) is 8.42 Å². The molecule has 0 aromatic carbocycles. The molecule has 2 aromatic heterocycles. The molecule has 0 radical (unpaired) electrons. The summed E-state index contributed by atoms with van der Waals surface area (Å²) in [5.41, 5.74) is 1.01. The van der Waals surface area contributed by atoms with E-state index in [0.29, 0.717) is 10.8 Å². The Morgan fingerprint density at radius 3 is 2.80 bits per heavy atom. The predicted molar refractivity (Wildman–Crippen MR) is 82.6 cm³/mol. The average molecular weight is 331 g/mol. The third kappa shape index (κ3) is 3.86. The quantitative estimate of drug-likeness (QED) is 0.815. The fourth-order valence-corrected chi connectivity index (χ4v) is 4.84. The molecule has 0 spiro atoms. The van der Waals surface area contributed by atoms with Crippen molar-refractivity contribution in [2.45, 2.75) is 31.1 Å². The average Bonchev–Trinajstić information content (AvgIpc) is 3.04. The maximum absolute atomic E-state index is 12.2. The lowest BCUT2D eigenvalue weighted by atomic mass is 10.3. The molecule has 0 bridgehead atoms. The van der Waals surface area contributed by atoms with Crippen LogP contribution in [0.15, 0.2) is 21.9 Å². The Kier molecular flexibility index (Phi) is 5.28. The van der Waals surface area contributed by atoms with Gasteiger partial charge in [0.1, 0.15) is 9.22 Å². The number of thiophene rings is 1. The largest absolute Gasteiger partial charge is 0.312 e. The summed E-state index contributed by atoms with van der Waals surface area (Å²) < 4.78 is 27.4. The first kappa shape index (κ1) is 15.6. The van der Waals surface area contributed by atoms with Gasteiger partial charge in [-0.1, -0.05) is 6.92 Å². The van der Waals surface area contributed by atoms with E-state index >= 15 is 0 Å². The van der Waals surface area contributed by atoms with Gasteiger partial charge in [0, 0.05) is 23.0 Å². The minimum atomic E-state index is -3.46.